The smallest absolute Gasteiger partial charge is 0.276 e. The van der Waals surface area contributed by atoms with E-state index in [0.29, 0.717) is 10.8 Å². The number of nitrogens with zero attached hydrogens (tertiary/aromatic N) is 3. The fourth-order valence-electron chi connectivity index (χ4n) is 1.95. The van der Waals surface area contributed by atoms with Crippen LogP contribution in [0.1, 0.15) is 15.9 Å². The molecule has 25 heavy (non-hydrogen) atoms. The van der Waals surface area contributed by atoms with Crippen LogP contribution in [0.15, 0.2) is 72.2 Å². The summed E-state index contributed by atoms with van der Waals surface area (Å²) >= 11 is 6.08. The van der Waals surface area contributed by atoms with Gasteiger partial charge in [-0.1, -0.05) is 23.7 Å². The first-order chi connectivity index (χ1) is 12.2. The van der Waals surface area contributed by atoms with E-state index in [1.54, 1.807) is 60.9 Å². The van der Waals surface area contributed by atoms with E-state index in [2.05, 4.69) is 20.5 Å². The molecule has 0 bridgehead atoms. The number of carbonyl (C=O) groups is 1. The molecule has 1 amide bonds. The summed E-state index contributed by atoms with van der Waals surface area (Å²) in [6.45, 7) is 0. The van der Waals surface area contributed by atoms with Gasteiger partial charge in [-0.05, 0) is 42.0 Å². The first-order valence-electron chi connectivity index (χ1n) is 7.35. The zero-order valence-electron chi connectivity index (χ0n) is 13.0. The average molecular weight is 353 g/mol. The molecule has 0 aliphatic carbocycles. The number of nitrogens with one attached hydrogen (secondary N) is 1. The summed E-state index contributed by atoms with van der Waals surface area (Å²) in [7, 11) is 0. The van der Waals surface area contributed by atoms with Gasteiger partial charge in [0, 0.05) is 18.6 Å². The molecule has 3 rings (SSSR count). The van der Waals surface area contributed by atoms with E-state index in [4.69, 9.17) is 16.3 Å². The van der Waals surface area contributed by atoms with Crippen LogP contribution in [0.2, 0.25) is 5.02 Å². The summed E-state index contributed by atoms with van der Waals surface area (Å²) in [4.78, 5) is 20.4. The summed E-state index contributed by atoms with van der Waals surface area (Å²) in [5.74, 6) is 0.116. The lowest BCUT2D eigenvalue weighted by molar-refractivity contribution is 0.0952. The zero-order valence-corrected chi connectivity index (χ0v) is 13.7. The van der Waals surface area contributed by atoms with Crippen molar-refractivity contribution in [2.24, 2.45) is 5.10 Å². The molecule has 0 radical (unpaired) electrons. The maximum absolute atomic E-state index is 12.3. The number of hydrogen-bond acceptors (Lipinski definition) is 5. The van der Waals surface area contributed by atoms with Gasteiger partial charge in [-0.25, -0.2) is 10.4 Å². The van der Waals surface area contributed by atoms with Gasteiger partial charge >= 0.3 is 0 Å². The van der Waals surface area contributed by atoms with Crippen LogP contribution in [0.5, 0.6) is 11.6 Å². The number of benzene rings is 1. The third kappa shape index (κ3) is 4.39. The molecular weight excluding hydrogens is 340 g/mol. The van der Waals surface area contributed by atoms with E-state index in [0.717, 1.165) is 5.56 Å². The Morgan fingerprint density at radius 1 is 1.08 bits per heavy atom. The molecule has 0 saturated carbocycles. The van der Waals surface area contributed by atoms with Crippen LogP contribution < -0.4 is 10.2 Å². The van der Waals surface area contributed by atoms with Crippen molar-refractivity contribution < 1.29 is 9.53 Å². The van der Waals surface area contributed by atoms with Crippen molar-refractivity contribution in [2.75, 3.05) is 0 Å². The standard InChI is InChI=1S/C18H13ClN4O2/c19-15-5-1-2-6-16(15)25-18-14(4-3-9-21-18)17(24)23-22-12-13-7-10-20-11-8-13/h1-12H,(H,23,24)/b22-12+. The average Bonchev–Trinajstić information content (AvgIpc) is 2.65. The molecule has 2 aromatic heterocycles. The van der Waals surface area contributed by atoms with E-state index in [1.807, 2.05) is 0 Å². The molecule has 7 heteroatoms. The van der Waals surface area contributed by atoms with Crippen LogP contribution in [0.25, 0.3) is 0 Å². The molecule has 0 atom stereocenters. The topological polar surface area (TPSA) is 76.5 Å². The van der Waals surface area contributed by atoms with Crippen LogP contribution in [-0.2, 0) is 0 Å². The van der Waals surface area contributed by atoms with Crippen molar-refractivity contribution in [2.45, 2.75) is 0 Å². The Morgan fingerprint density at radius 3 is 2.68 bits per heavy atom. The van der Waals surface area contributed by atoms with Crippen molar-refractivity contribution in [1.82, 2.24) is 15.4 Å². The van der Waals surface area contributed by atoms with E-state index < -0.39 is 5.91 Å². The predicted octanol–water partition coefficient (Wildman–Crippen LogP) is 3.69. The number of aromatic nitrogens is 2. The van der Waals surface area contributed by atoms with E-state index in [1.165, 1.54) is 12.4 Å². The third-order valence-corrected chi connectivity index (χ3v) is 3.46. The highest BCUT2D eigenvalue weighted by Gasteiger charge is 2.14. The maximum Gasteiger partial charge on any atom is 0.276 e. The Morgan fingerprint density at radius 2 is 1.88 bits per heavy atom. The second-order valence-corrected chi connectivity index (χ2v) is 5.28. The minimum atomic E-state index is -0.444. The Kier molecular flexibility index (Phi) is 5.33. The summed E-state index contributed by atoms with van der Waals surface area (Å²) in [5, 5.41) is 4.35. The van der Waals surface area contributed by atoms with Gasteiger partial charge in [0.1, 0.15) is 11.3 Å². The predicted molar refractivity (Wildman–Crippen MR) is 95.1 cm³/mol. The number of amides is 1. The van der Waals surface area contributed by atoms with Gasteiger partial charge in [0.2, 0.25) is 5.88 Å². The van der Waals surface area contributed by atoms with E-state index in [9.17, 15) is 4.79 Å². The summed E-state index contributed by atoms with van der Waals surface area (Å²) in [5.41, 5.74) is 3.50. The van der Waals surface area contributed by atoms with Crippen LogP contribution >= 0.6 is 11.6 Å². The van der Waals surface area contributed by atoms with Gasteiger partial charge in [0.15, 0.2) is 0 Å². The zero-order chi connectivity index (χ0) is 17.5. The largest absolute Gasteiger partial charge is 0.437 e. The van der Waals surface area contributed by atoms with Crippen molar-refractivity contribution in [3.05, 3.63) is 83.3 Å². The highest BCUT2D eigenvalue weighted by Crippen LogP contribution is 2.29. The number of pyridine rings is 2. The lowest BCUT2D eigenvalue weighted by Gasteiger charge is -2.09. The van der Waals surface area contributed by atoms with Gasteiger partial charge in [0.05, 0.1) is 11.2 Å². The Bertz CT molecular complexity index is 900. The third-order valence-electron chi connectivity index (χ3n) is 3.14. The maximum atomic E-state index is 12.3. The van der Waals surface area contributed by atoms with Crippen molar-refractivity contribution in [3.8, 4) is 11.6 Å². The molecule has 1 N–H and O–H groups in total. The van der Waals surface area contributed by atoms with Crippen molar-refractivity contribution in [3.63, 3.8) is 0 Å². The van der Waals surface area contributed by atoms with Crippen molar-refractivity contribution in [1.29, 1.82) is 0 Å². The summed E-state index contributed by atoms with van der Waals surface area (Å²) in [6, 6.07) is 13.7. The number of para-hydroxylation sites is 1. The highest BCUT2D eigenvalue weighted by molar-refractivity contribution is 6.32. The van der Waals surface area contributed by atoms with Crippen LogP contribution in [0.3, 0.4) is 0 Å². The fraction of sp³-hybridized carbons (Fsp3) is 0. The Hall–Kier alpha value is -3.25. The lowest BCUT2D eigenvalue weighted by Crippen LogP contribution is -2.18. The summed E-state index contributed by atoms with van der Waals surface area (Å²) in [6.07, 6.45) is 6.33. The first-order valence-corrected chi connectivity index (χ1v) is 7.72. The van der Waals surface area contributed by atoms with Gasteiger partial charge in [-0.3, -0.25) is 9.78 Å². The number of rotatable bonds is 5. The van der Waals surface area contributed by atoms with Crippen LogP contribution in [0, 0.1) is 0 Å². The number of hydrazone groups is 1. The second-order valence-electron chi connectivity index (χ2n) is 4.87. The monoisotopic (exact) mass is 352 g/mol. The molecule has 0 unspecified atom stereocenters. The molecule has 0 saturated heterocycles. The number of ether oxygens (including phenoxy) is 1. The Labute approximate surface area is 149 Å². The highest BCUT2D eigenvalue weighted by atomic mass is 35.5. The van der Waals surface area contributed by atoms with E-state index >= 15 is 0 Å². The molecular formula is C18H13ClN4O2. The minimum absolute atomic E-state index is 0.146. The molecule has 0 aliphatic heterocycles. The molecule has 0 fully saturated rings. The number of carbonyl (C=O) groups excluding carboxylic acids is 1. The lowest BCUT2D eigenvalue weighted by atomic mass is 10.2. The molecule has 0 aliphatic rings. The SMILES string of the molecule is O=C(N/N=C/c1ccncc1)c1cccnc1Oc1ccccc1Cl. The van der Waals surface area contributed by atoms with Gasteiger partial charge in [0.25, 0.3) is 5.91 Å². The molecule has 124 valence electrons. The molecule has 1 aromatic carbocycles. The molecule has 6 nitrogen and oxygen atoms in total. The first kappa shape index (κ1) is 16.6. The normalized spacial score (nSPS) is 10.6. The summed E-state index contributed by atoms with van der Waals surface area (Å²) < 4.78 is 5.66. The Balaban J connectivity index is 1.75. The van der Waals surface area contributed by atoms with Crippen molar-refractivity contribution >= 4 is 23.7 Å². The quantitative estimate of drug-likeness (QED) is 0.561. The van der Waals surface area contributed by atoms with E-state index in [-0.39, 0.29) is 11.4 Å². The minimum Gasteiger partial charge on any atom is -0.437 e. The fourth-order valence-corrected chi connectivity index (χ4v) is 2.13. The number of halogens is 1. The molecule has 3 aromatic rings. The molecule has 2 heterocycles. The molecule has 0 spiro atoms. The van der Waals surface area contributed by atoms with Gasteiger partial charge in [-0.2, -0.15) is 5.10 Å². The van der Waals surface area contributed by atoms with Crippen LogP contribution in [0.4, 0.5) is 0 Å². The number of hydrogen-bond donors (Lipinski definition) is 1. The van der Waals surface area contributed by atoms with Crippen LogP contribution in [-0.4, -0.2) is 22.1 Å². The second kappa shape index (κ2) is 8.03. The van der Waals surface area contributed by atoms with Gasteiger partial charge < -0.3 is 4.74 Å². The van der Waals surface area contributed by atoms with Gasteiger partial charge in [-0.15, -0.1) is 0 Å².